The fraction of sp³-hybridized carbons (Fsp3) is 0.429. The highest BCUT2D eigenvalue weighted by Crippen LogP contribution is 2.30. The summed E-state index contributed by atoms with van der Waals surface area (Å²) in [6.07, 6.45) is 6.15. The van der Waals surface area contributed by atoms with Gasteiger partial charge in [0.1, 0.15) is 11.6 Å². The molecule has 6 heteroatoms. The summed E-state index contributed by atoms with van der Waals surface area (Å²) in [6.45, 7) is 8.84. The SMILES string of the molecule is Cc1nccc(CN2CCC[C@@H](c3ccc(-c4c(C)noc4C)cn3)C2)n1. The molecule has 1 saturated heterocycles. The molecule has 0 aliphatic carbocycles. The lowest BCUT2D eigenvalue weighted by Gasteiger charge is -2.32. The zero-order valence-corrected chi connectivity index (χ0v) is 16.1. The highest BCUT2D eigenvalue weighted by molar-refractivity contribution is 5.66. The van der Waals surface area contributed by atoms with Crippen molar-refractivity contribution in [3.8, 4) is 11.1 Å². The lowest BCUT2D eigenvalue weighted by Crippen LogP contribution is -2.34. The van der Waals surface area contributed by atoms with Gasteiger partial charge < -0.3 is 4.52 Å². The number of nitrogens with zero attached hydrogens (tertiary/aromatic N) is 5. The Morgan fingerprint density at radius 2 is 2.04 bits per heavy atom. The van der Waals surface area contributed by atoms with Crippen molar-refractivity contribution in [2.45, 2.75) is 46.1 Å². The Morgan fingerprint density at radius 3 is 2.74 bits per heavy atom. The van der Waals surface area contributed by atoms with E-state index in [9.17, 15) is 0 Å². The van der Waals surface area contributed by atoms with E-state index in [0.717, 1.165) is 59.4 Å². The van der Waals surface area contributed by atoms with E-state index < -0.39 is 0 Å². The summed E-state index contributed by atoms with van der Waals surface area (Å²) >= 11 is 0. The molecule has 0 saturated carbocycles. The summed E-state index contributed by atoms with van der Waals surface area (Å²) in [5.74, 6) is 2.13. The minimum absolute atomic E-state index is 0.459. The Balaban J connectivity index is 1.47. The third-order valence-corrected chi connectivity index (χ3v) is 5.25. The van der Waals surface area contributed by atoms with Gasteiger partial charge in [0.15, 0.2) is 0 Å². The number of hydrogen-bond acceptors (Lipinski definition) is 6. The highest BCUT2D eigenvalue weighted by atomic mass is 16.5. The minimum atomic E-state index is 0.459. The van der Waals surface area contributed by atoms with E-state index >= 15 is 0 Å². The van der Waals surface area contributed by atoms with Crippen LogP contribution in [0.5, 0.6) is 0 Å². The van der Waals surface area contributed by atoms with Gasteiger partial charge in [-0.1, -0.05) is 11.2 Å². The van der Waals surface area contributed by atoms with Crippen molar-refractivity contribution in [3.63, 3.8) is 0 Å². The number of pyridine rings is 1. The summed E-state index contributed by atoms with van der Waals surface area (Å²) in [6, 6.07) is 6.30. The van der Waals surface area contributed by atoms with Crippen molar-refractivity contribution >= 4 is 0 Å². The molecule has 0 radical (unpaired) electrons. The van der Waals surface area contributed by atoms with Crippen molar-refractivity contribution in [2.75, 3.05) is 13.1 Å². The van der Waals surface area contributed by atoms with Crippen LogP contribution < -0.4 is 0 Å². The maximum atomic E-state index is 5.28. The van der Waals surface area contributed by atoms with E-state index in [-0.39, 0.29) is 0 Å². The van der Waals surface area contributed by atoms with Crippen molar-refractivity contribution in [2.24, 2.45) is 0 Å². The van der Waals surface area contributed by atoms with Gasteiger partial charge in [-0.05, 0) is 52.3 Å². The van der Waals surface area contributed by atoms with Gasteiger partial charge in [-0.15, -0.1) is 0 Å². The summed E-state index contributed by atoms with van der Waals surface area (Å²) < 4.78 is 5.28. The first-order chi connectivity index (χ1) is 13.1. The lowest BCUT2D eigenvalue weighted by atomic mass is 9.93. The molecule has 0 N–H and O–H groups in total. The van der Waals surface area contributed by atoms with E-state index in [0.29, 0.717) is 5.92 Å². The Kier molecular flexibility index (Phi) is 4.99. The molecule has 0 bridgehead atoms. The maximum Gasteiger partial charge on any atom is 0.141 e. The molecule has 0 spiro atoms. The fourth-order valence-corrected chi connectivity index (χ4v) is 3.95. The van der Waals surface area contributed by atoms with Gasteiger partial charge in [0.05, 0.1) is 11.4 Å². The maximum absolute atomic E-state index is 5.28. The zero-order chi connectivity index (χ0) is 18.8. The molecule has 3 aromatic rings. The third kappa shape index (κ3) is 3.90. The predicted octanol–water partition coefficient (Wildman–Crippen LogP) is 3.83. The Labute approximate surface area is 159 Å². The van der Waals surface area contributed by atoms with Crippen LogP contribution in [0.25, 0.3) is 11.1 Å². The van der Waals surface area contributed by atoms with Crippen LogP contribution in [-0.2, 0) is 6.54 Å². The van der Waals surface area contributed by atoms with Crippen LogP contribution in [0.4, 0.5) is 0 Å². The lowest BCUT2D eigenvalue weighted by molar-refractivity contribution is 0.196. The number of piperidine rings is 1. The first kappa shape index (κ1) is 17.8. The van der Waals surface area contributed by atoms with Crippen LogP contribution in [0.1, 0.15) is 47.4 Å². The molecule has 1 aliphatic heterocycles. The first-order valence-corrected chi connectivity index (χ1v) is 9.50. The van der Waals surface area contributed by atoms with Crippen LogP contribution in [0.2, 0.25) is 0 Å². The van der Waals surface area contributed by atoms with E-state index in [1.807, 2.05) is 39.2 Å². The second-order valence-corrected chi connectivity index (χ2v) is 7.34. The number of rotatable bonds is 4. The Hall–Kier alpha value is -2.60. The second kappa shape index (κ2) is 7.56. The first-order valence-electron chi connectivity index (χ1n) is 9.50. The largest absolute Gasteiger partial charge is 0.361 e. The van der Waals surface area contributed by atoms with Crippen molar-refractivity contribution in [1.29, 1.82) is 0 Å². The van der Waals surface area contributed by atoms with E-state index in [1.165, 1.54) is 12.8 Å². The number of aryl methyl sites for hydroxylation is 3. The number of hydrogen-bond donors (Lipinski definition) is 0. The minimum Gasteiger partial charge on any atom is -0.361 e. The average molecular weight is 363 g/mol. The van der Waals surface area contributed by atoms with Crippen LogP contribution in [0, 0.1) is 20.8 Å². The molecule has 0 aromatic carbocycles. The van der Waals surface area contributed by atoms with Crippen molar-refractivity contribution in [1.82, 2.24) is 25.0 Å². The van der Waals surface area contributed by atoms with Gasteiger partial charge in [-0.25, -0.2) is 9.97 Å². The number of aromatic nitrogens is 4. The van der Waals surface area contributed by atoms with Crippen LogP contribution >= 0.6 is 0 Å². The number of likely N-dealkylation sites (tertiary alicyclic amines) is 1. The average Bonchev–Trinajstić information content (AvgIpc) is 3.00. The normalized spacial score (nSPS) is 18.0. The molecule has 1 atom stereocenters. The zero-order valence-electron chi connectivity index (χ0n) is 16.1. The smallest absolute Gasteiger partial charge is 0.141 e. The molecule has 0 amide bonds. The summed E-state index contributed by atoms with van der Waals surface area (Å²) in [7, 11) is 0. The highest BCUT2D eigenvalue weighted by Gasteiger charge is 2.23. The van der Waals surface area contributed by atoms with Gasteiger partial charge in [0, 0.05) is 48.2 Å². The molecule has 1 fully saturated rings. The van der Waals surface area contributed by atoms with E-state index in [2.05, 4.69) is 32.2 Å². The standard InChI is InChI=1S/C21H25N5O/c1-14-21(15(2)27-25-14)17-6-7-20(23-11-17)18-5-4-10-26(12-18)13-19-8-9-22-16(3)24-19/h6-9,11,18H,4-5,10,12-13H2,1-3H3/t18-/m1/s1. The van der Waals surface area contributed by atoms with Crippen LogP contribution in [-0.4, -0.2) is 38.1 Å². The third-order valence-electron chi connectivity index (χ3n) is 5.25. The quantitative estimate of drug-likeness (QED) is 0.702. The van der Waals surface area contributed by atoms with E-state index in [1.54, 1.807) is 0 Å². The molecule has 1 aliphatic rings. The van der Waals surface area contributed by atoms with E-state index in [4.69, 9.17) is 9.51 Å². The van der Waals surface area contributed by atoms with Crippen LogP contribution in [0.15, 0.2) is 35.1 Å². The van der Waals surface area contributed by atoms with Crippen LogP contribution in [0.3, 0.4) is 0 Å². The summed E-state index contributed by atoms with van der Waals surface area (Å²) in [5.41, 5.74) is 5.28. The van der Waals surface area contributed by atoms with Gasteiger partial charge in [0.2, 0.25) is 0 Å². The molecular weight excluding hydrogens is 338 g/mol. The molecule has 6 nitrogen and oxygen atoms in total. The summed E-state index contributed by atoms with van der Waals surface area (Å²) in [5, 5.41) is 4.04. The fourth-order valence-electron chi connectivity index (χ4n) is 3.95. The molecule has 3 aromatic heterocycles. The molecule has 140 valence electrons. The molecule has 27 heavy (non-hydrogen) atoms. The van der Waals surface area contributed by atoms with Gasteiger partial charge in [0.25, 0.3) is 0 Å². The molecule has 0 unspecified atom stereocenters. The van der Waals surface area contributed by atoms with Crippen molar-refractivity contribution in [3.05, 3.63) is 59.3 Å². The van der Waals surface area contributed by atoms with Gasteiger partial charge >= 0.3 is 0 Å². The summed E-state index contributed by atoms with van der Waals surface area (Å²) in [4.78, 5) is 16.0. The monoisotopic (exact) mass is 363 g/mol. The second-order valence-electron chi connectivity index (χ2n) is 7.34. The molecule has 4 rings (SSSR count). The topological polar surface area (TPSA) is 67.9 Å². The molecule has 4 heterocycles. The van der Waals surface area contributed by atoms with Gasteiger partial charge in [-0.3, -0.25) is 9.88 Å². The Morgan fingerprint density at radius 1 is 1.15 bits per heavy atom. The van der Waals surface area contributed by atoms with Crippen molar-refractivity contribution < 1.29 is 4.52 Å². The van der Waals surface area contributed by atoms with Gasteiger partial charge in [-0.2, -0.15) is 0 Å². The predicted molar refractivity (Wildman–Crippen MR) is 103 cm³/mol. The Bertz CT molecular complexity index is 899. The molecular formula is C21H25N5O.